The van der Waals surface area contributed by atoms with Crippen molar-refractivity contribution in [3.8, 4) is 11.5 Å². The van der Waals surface area contributed by atoms with E-state index in [-0.39, 0.29) is 11.3 Å². The van der Waals surface area contributed by atoms with Crippen molar-refractivity contribution in [2.75, 3.05) is 14.2 Å². The van der Waals surface area contributed by atoms with Gasteiger partial charge in [0.25, 0.3) is 0 Å². The van der Waals surface area contributed by atoms with Crippen molar-refractivity contribution in [3.63, 3.8) is 0 Å². The number of carboxylic acid groups (broad SMARTS) is 1. The summed E-state index contributed by atoms with van der Waals surface area (Å²) in [5.41, 5.74) is -2.20. The molecule has 6 heteroatoms. The molecule has 1 rings (SSSR count). The molecule has 0 saturated carbocycles. The summed E-state index contributed by atoms with van der Waals surface area (Å²) in [6.45, 7) is 1.07. The molecule has 1 aromatic carbocycles. The molecular formula is C12H15FO5. The molecule has 18 heavy (non-hydrogen) atoms. The largest absolute Gasteiger partial charge is 0.497 e. The highest BCUT2D eigenvalue weighted by Crippen LogP contribution is 2.36. The first-order valence-electron chi connectivity index (χ1n) is 5.16. The molecule has 0 aliphatic rings. The lowest BCUT2D eigenvalue weighted by Gasteiger charge is -2.27. The molecule has 0 spiro atoms. The van der Waals surface area contributed by atoms with Gasteiger partial charge in [-0.3, -0.25) is 0 Å². The van der Waals surface area contributed by atoms with Gasteiger partial charge in [-0.2, -0.15) is 0 Å². The number of aliphatic carboxylic acids is 1. The Hall–Kier alpha value is -1.82. The maximum Gasteiger partial charge on any atom is 0.341 e. The second-order valence-corrected chi connectivity index (χ2v) is 3.91. The lowest BCUT2D eigenvalue weighted by Crippen LogP contribution is -2.39. The Morgan fingerprint density at radius 1 is 1.39 bits per heavy atom. The van der Waals surface area contributed by atoms with Crippen LogP contribution in [0.3, 0.4) is 0 Å². The number of hydrogen-bond donors (Lipinski definition) is 2. The standard InChI is InChI=1S/C12H15FO5/c1-12(16,10(13)11(14)15)8-6-7(17-2)4-5-9(8)18-3/h4-6,10,16H,1-3H3,(H,14,15). The lowest BCUT2D eigenvalue weighted by molar-refractivity contribution is -0.153. The number of methoxy groups -OCH3 is 2. The second-order valence-electron chi connectivity index (χ2n) is 3.91. The number of halogens is 1. The van der Waals surface area contributed by atoms with Gasteiger partial charge in [-0.1, -0.05) is 0 Å². The van der Waals surface area contributed by atoms with Crippen LogP contribution in [0.2, 0.25) is 0 Å². The van der Waals surface area contributed by atoms with Crippen LogP contribution in [0.5, 0.6) is 11.5 Å². The summed E-state index contributed by atoms with van der Waals surface area (Å²) in [5.74, 6) is -1.20. The fourth-order valence-electron chi connectivity index (χ4n) is 1.59. The molecule has 0 amide bonds. The van der Waals surface area contributed by atoms with E-state index in [0.29, 0.717) is 5.75 Å². The van der Waals surface area contributed by atoms with Crippen LogP contribution in [0, 0.1) is 0 Å². The monoisotopic (exact) mass is 258 g/mol. The molecule has 2 unspecified atom stereocenters. The van der Waals surface area contributed by atoms with Crippen molar-refractivity contribution < 1.29 is 28.9 Å². The Balaban J connectivity index is 3.32. The van der Waals surface area contributed by atoms with Crippen LogP contribution in [-0.4, -0.2) is 36.6 Å². The first-order chi connectivity index (χ1) is 8.34. The highest BCUT2D eigenvalue weighted by Gasteiger charge is 2.41. The minimum Gasteiger partial charge on any atom is -0.497 e. The second kappa shape index (κ2) is 5.22. The summed E-state index contributed by atoms with van der Waals surface area (Å²) >= 11 is 0. The molecule has 0 fully saturated rings. The predicted octanol–water partition coefficient (Wildman–Crippen LogP) is 1.33. The van der Waals surface area contributed by atoms with Crippen LogP contribution in [0.25, 0.3) is 0 Å². The number of alkyl halides is 1. The van der Waals surface area contributed by atoms with Crippen LogP contribution in [0.1, 0.15) is 12.5 Å². The summed E-state index contributed by atoms with van der Waals surface area (Å²) in [6.07, 6.45) is -2.47. The van der Waals surface area contributed by atoms with Gasteiger partial charge in [0.2, 0.25) is 6.17 Å². The zero-order valence-corrected chi connectivity index (χ0v) is 10.3. The summed E-state index contributed by atoms with van der Waals surface area (Å²) in [5, 5.41) is 18.7. The number of aliphatic hydroxyl groups is 1. The van der Waals surface area contributed by atoms with E-state index in [9.17, 15) is 14.3 Å². The maximum absolute atomic E-state index is 13.6. The van der Waals surface area contributed by atoms with Crippen LogP contribution < -0.4 is 9.47 Å². The number of hydrogen-bond acceptors (Lipinski definition) is 4. The van der Waals surface area contributed by atoms with Gasteiger partial charge in [0.05, 0.1) is 14.2 Å². The van der Waals surface area contributed by atoms with E-state index < -0.39 is 17.7 Å². The van der Waals surface area contributed by atoms with E-state index in [2.05, 4.69) is 0 Å². The fourth-order valence-corrected chi connectivity index (χ4v) is 1.59. The third kappa shape index (κ3) is 2.53. The minimum absolute atomic E-state index is 0.0132. The Labute approximate surface area is 104 Å². The van der Waals surface area contributed by atoms with Crippen molar-refractivity contribution in [3.05, 3.63) is 23.8 Å². The SMILES string of the molecule is COc1ccc(OC)c(C(C)(O)C(F)C(=O)O)c1. The number of carbonyl (C=O) groups is 1. The van der Waals surface area contributed by atoms with Crippen LogP contribution in [0.15, 0.2) is 18.2 Å². The van der Waals surface area contributed by atoms with Crippen molar-refractivity contribution >= 4 is 5.97 Å². The van der Waals surface area contributed by atoms with Crippen LogP contribution in [0.4, 0.5) is 4.39 Å². The van der Waals surface area contributed by atoms with Gasteiger partial charge in [-0.25, -0.2) is 9.18 Å². The van der Waals surface area contributed by atoms with Gasteiger partial charge in [0.15, 0.2) is 0 Å². The number of carboxylic acids is 1. The highest BCUT2D eigenvalue weighted by molar-refractivity contribution is 5.74. The summed E-state index contributed by atoms with van der Waals surface area (Å²) in [7, 11) is 2.75. The normalized spacial score (nSPS) is 15.6. The van der Waals surface area contributed by atoms with Crippen molar-refractivity contribution in [1.82, 2.24) is 0 Å². The van der Waals surface area contributed by atoms with E-state index in [1.807, 2.05) is 0 Å². The number of ether oxygens (including phenoxy) is 2. The molecule has 0 saturated heterocycles. The first kappa shape index (κ1) is 14.2. The molecule has 5 nitrogen and oxygen atoms in total. The van der Waals surface area contributed by atoms with Gasteiger partial charge >= 0.3 is 5.97 Å². The van der Waals surface area contributed by atoms with Gasteiger partial charge in [0.1, 0.15) is 17.1 Å². The zero-order valence-electron chi connectivity index (χ0n) is 10.3. The highest BCUT2D eigenvalue weighted by atomic mass is 19.1. The Kier molecular flexibility index (Phi) is 4.13. The van der Waals surface area contributed by atoms with Crippen LogP contribution in [-0.2, 0) is 10.4 Å². The summed E-state index contributed by atoms with van der Waals surface area (Å²) in [6, 6.07) is 4.37. The molecule has 0 heterocycles. The van der Waals surface area contributed by atoms with E-state index in [4.69, 9.17) is 14.6 Å². The zero-order chi connectivity index (χ0) is 13.9. The average molecular weight is 258 g/mol. The molecule has 2 atom stereocenters. The van der Waals surface area contributed by atoms with E-state index in [1.54, 1.807) is 6.07 Å². The number of rotatable bonds is 5. The van der Waals surface area contributed by atoms with Gasteiger partial charge in [-0.15, -0.1) is 0 Å². The first-order valence-corrected chi connectivity index (χ1v) is 5.16. The minimum atomic E-state index is -2.47. The molecule has 0 aliphatic heterocycles. The van der Waals surface area contributed by atoms with Gasteiger partial charge < -0.3 is 19.7 Å². The average Bonchev–Trinajstić information content (AvgIpc) is 2.36. The Bertz CT molecular complexity index is 444. The molecule has 2 N–H and O–H groups in total. The van der Waals surface area contributed by atoms with E-state index >= 15 is 0 Å². The Morgan fingerprint density at radius 2 is 2.00 bits per heavy atom. The maximum atomic E-state index is 13.6. The molecule has 0 bridgehead atoms. The van der Waals surface area contributed by atoms with Crippen molar-refractivity contribution in [2.45, 2.75) is 18.7 Å². The van der Waals surface area contributed by atoms with Crippen LogP contribution >= 0.6 is 0 Å². The van der Waals surface area contributed by atoms with Crippen molar-refractivity contribution in [2.24, 2.45) is 0 Å². The molecule has 1 aromatic rings. The number of benzene rings is 1. The molecule has 0 aliphatic carbocycles. The third-order valence-corrected chi connectivity index (χ3v) is 2.66. The van der Waals surface area contributed by atoms with E-state index in [0.717, 1.165) is 6.92 Å². The fraction of sp³-hybridized carbons (Fsp3) is 0.417. The molecule has 0 aromatic heterocycles. The summed E-state index contributed by atoms with van der Waals surface area (Å²) < 4.78 is 23.5. The van der Waals surface area contributed by atoms with E-state index in [1.165, 1.54) is 26.4 Å². The third-order valence-electron chi connectivity index (χ3n) is 2.66. The predicted molar refractivity (Wildman–Crippen MR) is 61.6 cm³/mol. The molecule has 100 valence electrons. The Morgan fingerprint density at radius 3 is 2.44 bits per heavy atom. The summed E-state index contributed by atoms with van der Waals surface area (Å²) in [4.78, 5) is 10.7. The van der Waals surface area contributed by atoms with Gasteiger partial charge in [-0.05, 0) is 25.1 Å². The smallest absolute Gasteiger partial charge is 0.341 e. The van der Waals surface area contributed by atoms with Gasteiger partial charge in [0, 0.05) is 5.56 Å². The van der Waals surface area contributed by atoms with Crippen molar-refractivity contribution in [1.29, 1.82) is 0 Å². The molecular weight excluding hydrogens is 243 g/mol. The topological polar surface area (TPSA) is 76.0 Å². The molecule has 0 radical (unpaired) electrons. The quantitative estimate of drug-likeness (QED) is 0.833. The lowest BCUT2D eigenvalue weighted by atomic mass is 9.90.